The molecule has 0 aromatic carbocycles. The van der Waals surface area contributed by atoms with Gasteiger partial charge in [0, 0.05) is 16.7 Å². The Hall–Kier alpha value is -0.190. The van der Waals surface area contributed by atoms with Crippen molar-refractivity contribution in [3.63, 3.8) is 0 Å². The number of halogens is 1. The molecule has 0 spiro atoms. The Morgan fingerprint density at radius 2 is 2.44 bits per heavy atom. The number of thioether (sulfide) groups is 1. The second-order valence-corrected chi connectivity index (χ2v) is 6.77. The molecular weight excluding hydrogens is 260 g/mol. The molecule has 0 bridgehead atoms. The zero-order valence-electron chi connectivity index (χ0n) is 9.20. The minimum atomic E-state index is 0.679. The van der Waals surface area contributed by atoms with Crippen LogP contribution in [0.1, 0.15) is 18.2 Å². The zero-order chi connectivity index (χ0) is 11.4. The van der Waals surface area contributed by atoms with Gasteiger partial charge in [0.1, 0.15) is 0 Å². The van der Waals surface area contributed by atoms with Gasteiger partial charge >= 0.3 is 0 Å². The first-order valence-electron chi connectivity index (χ1n) is 5.47. The summed E-state index contributed by atoms with van der Waals surface area (Å²) in [7, 11) is 0. The van der Waals surface area contributed by atoms with Crippen molar-refractivity contribution in [1.82, 2.24) is 5.32 Å². The van der Waals surface area contributed by atoms with Gasteiger partial charge in [-0.15, -0.1) is 11.3 Å². The number of hydrogen-bond donors (Lipinski definition) is 1. The number of nitrogens with one attached hydrogen (secondary N) is 1. The molecule has 1 atom stereocenters. The van der Waals surface area contributed by atoms with E-state index in [1.807, 2.05) is 17.8 Å². The molecule has 1 N–H and O–H groups in total. The monoisotopic (exact) mass is 274 g/mol. The standard InChI is InChI=1S/C11H15ClN2S2/c1-2-8-7-14-11(16-8)13-6-5-9-3-4-10(12)15-9/h3-4,8H,2,5-7H2,1H3,(H,13,14). The molecule has 2 rings (SSSR count). The molecule has 0 fully saturated rings. The lowest BCUT2D eigenvalue weighted by Gasteiger charge is -2.05. The average Bonchev–Trinajstić information content (AvgIpc) is 2.88. The highest BCUT2D eigenvalue weighted by Crippen LogP contribution is 2.23. The van der Waals surface area contributed by atoms with Gasteiger partial charge in [0.2, 0.25) is 0 Å². The summed E-state index contributed by atoms with van der Waals surface area (Å²) in [6.45, 7) is 4.12. The highest BCUT2D eigenvalue weighted by Gasteiger charge is 2.16. The Bertz CT molecular complexity index is 376. The highest BCUT2D eigenvalue weighted by atomic mass is 35.5. The number of rotatable bonds is 4. The van der Waals surface area contributed by atoms with Gasteiger partial charge in [-0.3, -0.25) is 4.99 Å². The summed E-state index contributed by atoms with van der Waals surface area (Å²) >= 11 is 9.40. The van der Waals surface area contributed by atoms with Crippen molar-refractivity contribution in [3.8, 4) is 0 Å². The van der Waals surface area contributed by atoms with E-state index in [1.54, 1.807) is 11.3 Å². The number of thiophene rings is 1. The van der Waals surface area contributed by atoms with Crippen LogP contribution in [0.4, 0.5) is 0 Å². The van der Waals surface area contributed by atoms with Crippen molar-refractivity contribution < 1.29 is 0 Å². The van der Waals surface area contributed by atoms with Gasteiger partial charge < -0.3 is 5.32 Å². The molecule has 1 aliphatic rings. The fourth-order valence-electron chi connectivity index (χ4n) is 1.51. The lowest BCUT2D eigenvalue weighted by atomic mass is 10.3. The second-order valence-electron chi connectivity index (χ2n) is 3.68. The average molecular weight is 275 g/mol. The zero-order valence-corrected chi connectivity index (χ0v) is 11.6. The van der Waals surface area contributed by atoms with E-state index in [0.29, 0.717) is 5.25 Å². The summed E-state index contributed by atoms with van der Waals surface area (Å²) in [5.41, 5.74) is 0. The Balaban J connectivity index is 1.69. The molecule has 1 unspecified atom stereocenters. The molecule has 16 heavy (non-hydrogen) atoms. The molecule has 1 aliphatic heterocycles. The van der Waals surface area contributed by atoms with E-state index in [2.05, 4.69) is 23.3 Å². The lowest BCUT2D eigenvalue weighted by Crippen LogP contribution is -2.21. The molecule has 1 aromatic rings. The topological polar surface area (TPSA) is 24.4 Å². The number of nitrogens with zero attached hydrogens (tertiary/aromatic N) is 1. The van der Waals surface area contributed by atoms with Crippen molar-refractivity contribution >= 4 is 39.9 Å². The van der Waals surface area contributed by atoms with Gasteiger partial charge in [-0.2, -0.15) is 0 Å². The summed E-state index contributed by atoms with van der Waals surface area (Å²) in [6.07, 6.45) is 2.22. The van der Waals surface area contributed by atoms with E-state index in [1.165, 1.54) is 11.3 Å². The molecule has 0 aliphatic carbocycles. The molecule has 5 heteroatoms. The number of aliphatic imine (C=N–C) groups is 1. The van der Waals surface area contributed by atoms with Crippen LogP contribution in [0.5, 0.6) is 0 Å². The number of hydrogen-bond acceptors (Lipinski definition) is 4. The Morgan fingerprint density at radius 1 is 1.56 bits per heavy atom. The van der Waals surface area contributed by atoms with Crippen LogP contribution in [0.15, 0.2) is 17.1 Å². The van der Waals surface area contributed by atoms with Gasteiger partial charge in [0.25, 0.3) is 0 Å². The van der Waals surface area contributed by atoms with Crippen LogP contribution in [0.2, 0.25) is 4.34 Å². The third-order valence-corrected chi connectivity index (χ3v) is 5.05. The summed E-state index contributed by atoms with van der Waals surface area (Å²) in [5.74, 6) is 0. The largest absolute Gasteiger partial charge is 0.365 e. The summed E-state index contributed by atoms with van der Waals surface area (Å²) < 4.78 is 0.869. The summed E-state index contributed by atoms with van der Waals surface area (Å²) in [4.78, 5) is 5.80. The molecule has 0 amide bonds. The fourth-order valence-corrected chi connectivity index (χ4v) is 3.56. The first-order valence-corrected chi connectivity index (χ1v) is 7.54. The van der Waals surface area contributed by atoms with E-state index in [9.17, 15) is 0 Å². The fraction of sp³-hybridized carbons (Fsp3) is 0.545. The maximum atomic E-state index is 5.87. The van der Waals surface area contributed by atoms with E-state index >= 15 is 0 Å². The van der Waals surface area contributed by atoms with Crippen molar-refractivity contribution in [1.29, 1.82) is 0 Å². The van der Waals surface area contributed by atoms with Gasteiger partial charge in [-0.1, -0.05) is 30.3 Å². The van der Waals surface area contributed by atoms with Crippen LogP contribution in [0.25, 0.3) is 0 Å². The predicted octanol–water partition coefficient (Wildman–Crippen LogP) is 3.42. The molecule has 88 valence electrons. The maximum absolute atomic E-state index is 5.87. The molecule has 0 saturated carbocycles. The predicted molar refractivity (Wildman–Crippen MR) is 75.0 cm³/mol. The molecular formula is C11H15ClN2S2. The van der Waals surface area contributed by atoms with Crippen LogP contribution in [0, 0.1) is 0 Å². The molecule has 0 radical (unpaired) electrons. The van der Waals surface area contributed by atoms with Crippen molar-refractivity contribution in [2.24, 2.45) is 4.99 Å². The first kappa shape index (κ1) is 12.3. The van der Waals surface area contributed by atoms with Gasteiger partial charge in [0.05, 0.1) is 10.9 Å². The minimum absolute atomic E-state index is 0.679. The normalized spacial score (nSPS) is 19.9. The van der Waals surface area contributed by atoms with Crippen molar-refractivity contribution in [2.45, 2.75) is 25.0 Å². The van der Waals surface area contributed by atoms with Crippen LogP contribution in [-0.2, 0) is 6.42 Å². The number of amidine groups is 1. The second kappa shape index (κ2) is 5.94. The molecule has 2 nitrogen and oxygen atoms in total. The van der Waals surface area contributed by atoms with Gasteiger partial charge in [-0.05, 0) is 25.0 Å². The van der Waals surface area contributed by atoms with Crippen LogP contribution >= 0.6 is 34.7 Å². The Morgan fingerprint density at radius 3 is 3.06 bits per heavy atom. The summed E-state index contributed by atoms with van der Waals surface area (Å²) in [6, 6.07) is 4.05. The SMILES string of the molecule is CCC1CN=C(NCCc2ccc(Cl)s2)S1. The van der Waals surface area contributed by atoms with Crippen molar-refractivity contribution in [3.05, 3.63) is 21.3 Å². The van der Waals surface area contributed by atoms with Gasteiger partial charge in [0.15, 0.2) is 5.17 Å². The Labute approximate surface area is 109 Å². The van der Waals surface area contributed by atoms with E-state index in [4.69, 9.17) is 11.6 Å². The quantitative estimate of drug-likeness (QED) is 0.910. The van der Waals surface area contributed by atoms with Crippen LogP contribution < -0.4 is 5.32 Å². The van der Waals surface area contributed by atoms with Crippen LogP contribution in [-0.4, -0.2) is 23.5 Å². The summed E-state index contributed by atoms with van der Waals surface area (Å²) in [5, 5.41) is 5.17. The lowest BCUT2D eigenvalue weighted by molar-refractivity contribution is 0.837. The molecule has 1 aromatic heterocycles. The Kier molecular flexibility index (Phi) is 4.55. The van der Waals surface area contributed by atoms with E-state index < -0.39 is 0 Å². The van der Waals surface area contributed by atoms with Crippen molar-refractivity contribution in [2.75, 3.05) is 13.1 Å². The van der Waals surface area contributed by atoms with E-state index in [0.717, 1.165) is 29.0 Å². The minimum Gasteiger partial charge on any atom is -0.365 e. The van der Waals surface area contributed by atoms with Crippen LogP contribution in [0.3, 0.4) is 0 Å². The van der Waals surface area contributed by atoms with E-state index in [-0.39, 0.29) is 0 Å². The van der Waals surface area contributed by atoms with Gasteiger partial charge in [-0.25, -0.2) is 0 Å². The maximum Gasteiger partial charge on any atom is 0.156 e. The highest BCUT2D eigenvalue weighted by molar-refractivity contribution is 8.14. The molecule has 2 heterocycles. The third kappa shape index (κ3) is 3.40. The molecule has 0 saturated heterocycles. The third-order valence-electron chi connectivity index (χ3n) is 2.45. The smallest absolute Gasteiger partial charge is 0.156 e. The first-order chi connectivity index (χ1) is 7.78.